The number of carbonyl (C=O) groups is 1. The lowest BCUT2D eigenvalue weighted by Crippen LogP contribution is -2.29. The SMILES string of the molecule is O=C(CBr)N1C[C@H]2CCCC[C@H]2C1. The topological polar surface area (TPSA) is 20.3 Å². The lowest BCUT2D eigenvalue weighted by molar-refractivity contribution is -0.127. The Morgan fingerprint density at radius 1 is 1.23 bits per heavy atom. The zero-order chi connectivity index (χ0) is 9.26. The van der Waals surface area contributed by atoms with Crippen LogP contribution in [0, 0.1) is 11.8 Å². The van der Waals surface area contributed by atoms with Crippen LogP contribution in [0.1, 0.15) is 25.7 Å². The Kier molecular flexibility index (Phi) is 2.92. The van der Waals surface area contributed by atoms with Crippen molar-refractivity contribution in [2.24, 2.45) is 11.8 Å². The van der Waals surface area contributed by atoms with Crippen molar-refractivity contribution in [1.29, 1.82) is 0 Å². The second kappa shape index (κ2) is 3.99. The van der Waals surface area contributed by atoms with E-state index < -0.39 is 0 Å². The number of alkyl halides is 1. The summed E-state index contributed by atoms with van der Waals surface area (Å²) in [7, 11) is 0. The lowest BCUT2D eigenvalue weighted by Gasteiger charge is -2.22. The Bertz CT molecular complexity index is 193. The molecule has 0 radical (unpaired) electrons. The van der Waals surface area contributed by atoms with E-state index in [9.17, 15) is 4.79 Å². The molecular weight excluding hydrogens is 230 g/mol. The van der Waals surface area contributed by atoms with Crippen LogP contribution in [-0.2, 0) is 4.79 Å². The van der Waals surface area contributed by atoms with Gasteiger partial charge in [-0.3, -0.25) is 4.79 Å². The van der Waals surface area contributed by atoms with Crippen LogP contribution in [0.2, 0.25) is 0 Å². The summed E-state index contributed by atoms with van der Waals surface area (Å²) in [5, 5.41) is 0.492. The monoisotopic (exact) mass is 245 g/mol. The number of hydrogen-bond donors (Lipinski definition) is 0. The van der Waals surface area contributed by atoms with Gasteiger partial charge in [-0.25, -0.2) is 0 Å². The molecular formula is C10H16BrNO. The highest BCUT2D eigenvalue weighted by Gasteiger charge is 2.35. The van der Waals surface area contributed by atoms with Crippen molar-refractivity contribution in [3.63, 3.8) is 0 Å². The Balaban J connectivity index is 1.94. The highest BCUT2D eigenvalue weighted by molar-refractivity contribution is 9.09. The fourth-order valence-electron chi connectivity index (χ4n) is 2.69. The number of hydrogen-bond acceptors (Lipinski definition) is 1. The maximum Gasteiger partial charge on any atom is 0.233 e. The standard InChI is InChI=1S/C10H16BrNO/c11-5-10(13)12-6-8-3-1-2-4-9(8)7-12/h8-9H,1-7H2/t8-,9+. The second-order valence-corrected chi connectivity index (χ2v) is 4.80. The van der Waals surface area contributed by atoms with Gasteiger partial charge in [0.1, 0.15) is 0 Å². The van der Waals surface area contributed by atoms with Crippen molar-refractivity contribution in [2.75, 3.05) is 18.4 Å². The highest BCUT2D eigenvalue weighted by atomic mass is 79.9. The molecule has 1 saturated carbocycles. The van der Waals surface area contributed by atoms with Crippen LogP contribution in [0.15, 0.2) is 0 Å². The Labute approximate surface area is 87.8 Å². The average Bonchev–Trinajstić information content (AvgIpc) is 2.59. The first-order valence-corrected chi connectivity index (χ1v) is 6.27. The molecule has 0 aromatic carbocycles. The van der Waals surface area contributed by atoms with E-state index in [4.69, 9.17) is 0 Å². The Morgan fingerprint density at radius 3 is 2.23 bits per heavy atom. The number of nitrogens with zero attached hydrogens (tertiary/aromatic N) is 1. The molecule has 3 heteroatoms. The number of likely N-dealkylation sites (tertiary alicyclic amines) is 1. The summed E-state index contributed by atoms with van der Waals surface area (Å²) in [6.45, 7) is 2.05. The van der Waals surface area contributed by atoms with Crippen molar-refractivity contribution in [3.05, 3.63) is 0 Å². The molecule has 0 unspecified atom stereocenters. The minimum atomic E-state index is 0.273. The van der Waals surface area contributed by atoms with Gasteiger partial charge in [-0.15, -0.1) is 0 Å². The van der Waals surface area contributed by atoms with Crippen LogP contribution in [0.5, 0.6) is 0 Å². The van der Waals surface area contributed by atoms with Gasteiger partial charge in [0.15, 0.2) is 0 Å². The third-order valence-electron chi connectivity index (χ3n) is 3.44. The summed E-state index contributed by atoms with van der Waals surface area (Å²) in [4.78, 5) is 13.5. The third kappa shape index (κ3) is 1.90. The van der Waals surface area contributed by atoms with Crippen LogP contribution in [0.4, 0.5) is 0 Å². The quantitative estimate of drug-likeness (QED) is 0.648. The summed E-state index contributed by atoms with van der Waals surface area (Å²) < 4.78 is 0. The summed E-state index contributed by atoms with van der Waals surface area (Å²) in [5.41, 5.74) is 0. The predicted molar refractivity (Wildman–Crippen MR) is 55.8 cm³/mol. The lowest BCUT2D eigenvalue weighted by atomic mass is 9.82. The van der Waals surface area contributed by atoms with Crippen molar-refractivity contribution in [2.45, 2.75) is 25.7 Å². The first-order chi connectivity index (χ1) is 6.31. The summed E-state index contributed by atoms with van der Waals surface area (Å²) in [5.74, 6) is 1.91. The fraction of sp³-hybridized carbons (Fsp3) is 0.900. The fourth-order valence-corrected chi connectivity index (χ4v) is 3.05. The molecule has 1 aliphatic carbocycles. The van der Waals surface area contributed by atoms with Crippen LogP contribution in [-0.4, -0.2) is 29.2 Å². The first kappa shape index (κ1) is 9.50. The normalized spacial score (nSPS) is 33.2. The average molecular weight is 246 g/mol. The zero-order valence-corrected chi connectivity index (χ0v) is 9.42. The van der Waals surface area contributed by atoms with Gasteiger partial charge in [0.2, 0.25) is 5.91 Å². The van der Waals surface area contributed by atoms with Gasteiger partial charge in [0, 0.05) is 13.1 Å². The molecule has 2 nitrogen and oxygen atoms in total. The van der Waals surface area contributed by atoms with E-state index in [-0.39, 0.29) is 5.91 Å². The number of carbonyl (C=O) groups excluding carboxylic acids is 1. The molecule has 74 valence electrons. The molecule has 1 amide bonds. The molecule has 1 saturated heterocycles. The van der Waals surface area contributed by atoms with Crippen molar-refractivity contribution >= 4 is 21.8 Å². The van der Waals surface area contributed by atoms with Gasteiger partial charge in [-0.05, 0) is 24.7 Å². The molecule has 0 bridgehead atoms. The molecule has 1 heterocycles. The van der Waals surface area contributed by atoms with Crippen LogP contribution in [0.25, 0.3) is 0 Å². The number of fused-ring (bicyclic) bond motifs is 1. The molecule has 1 aliphatic heterocycles. The summed E-state index contributed by atoms with van der Waals surface area (Å²) in [6.07, 6.45) is 5.43. The van der Waals surface area contributed by atoms with Crippen molar-refractivity contribution in [3.8, 4) is 0 Å². The molecule has 2 aliphatic rings. The van der Waals surface area contributed by atoms with Gasteiger partial charge >= 0.3 is 0 Å². The van der Waals surface area contributed by atoms with Gasteiger partial charge in [-0.1, -0.05) is 28.8 Å². The molecule has 0 aromatic heterocycles. The van der Waals surface area contributed by atoms with Crippen LogP contribution >= 0.6 is 15.9 Å². The molecule has 2 fully saturated rings. The van der Waals surface area contributed by atoms with E-state index in [2.05, 4.69) is 15.9 Å². The summed E-state index contributed by atoms with van der Waals surface area (Å²) in [6, 6.07) is 0. The molecule has 0 N–H and O–H groups in total. The molecule has 0 spiro atoms. The largest absolute Gasteiger partial charge is 0.341 e. The van der Waals surface area contributed by atoms with E-state index in [1.807, 2.05) is 4.90 Å². The molecule has 2 atom stereocenters. The Hall–Kier alpha value is -0.0500. The van der Waals surface area contributed by atoms with Gasteiger partial charge < -0.3 is 4.90 Å². The van der Waals surface area contributed by atoms with E-state index >= 15 is 0 Å². The molecule has 2 rings (SSSR count). The number of amides is 1. The van der Waals surface area contributed by atoms with E-state index in [0.29, 0.717) is 5.33 Å². The van der Waals surface area contributed by atoms with E-state index in [1.165, 1.54) is 25.7 Å². The summed E-state index contributed by atoms with van der Waals surface area (Å²) >= 11 is 3.23. The van der Waals surface area contributed by atoms with Crippen molar-refractivity contribution in [1.82, 2.24) is 4.90 Å². The number of halogens is 1. The zero-order valence-electron chi connectivity index (χ0n) is 7.84. The van der Waals surface area contributed by atoms with E-state index in [0.717, 1.165) is 24.9 Å². The molecule has 13 heavy (non-hydrogen) atoms. The van der Waals surface area contributed by atoms with Crippen LogP contribution < -0.4 is 0 Å². The maximum atomic E-state index is 11.4. The Morgan fingerprint density at radius 2 is 1.77 bits per heavy atom. The smallest absolute Gasteiger partial charge is 0.233 e. The van der Waals surface area contributed by atoms with Crippen LogP contribution in [0.3, 0.4) is 0 Å². The predicted octanol–water partition coefficient (Wildman–Crippen LogP) is 2.03. The highest BCUT2D eigenvalue weighted by Crippen LogP contribution is 2.35. The van der Waals surface area contributed by atoms with Gasteiger partial charge in [0.05, 0.1) is 5.33 Å². The minimum absolute atomic E-state index is 0.273. The van der Waals surface area contributed by atoms with Gasteiger partial charge in [-0.2, -0.15) is 0 Å². The van der Waals surface area contributed by atoms with Gasteiger partial charge in [0.25, 0.3) is 0 Å². The number of rotatable bonds is 1. The van der Waals surface area contributed by atoms with Crippen molar-refractivity contribution < 1.29 is 4.79 Å². The minimum Gasteiger partial charge on any atom is -0.341 e. The van der Waals surface area contributed by atoms with E-state index in [1.54, 1.807) is 0 Å². The first-order valence-electron chi connectivity index (χ1n) is 5.15. The molecule has 0 aromatic rings. The second-order valence-electron chi connectivity index (χ2n) is 4.24. The maximum absolute atomic E-state index is 11.4. The third-order valence-corrected chi connectivity index (χ3v) is 3.92.